The summed E-state index contributed by atoms with van der Waals surface area (Å²) in [5.74, 6) is 1.36. The smallest absolute Gasteiger partial charge is 0.234 e. The van der Waals surface area contributed by atoms with Gasteiger partial charge in [0.15, 0.2) is 0 Å². The second-order valence-electron chi connectivity index (χ2n) is 6.49. The number of hydrogen-bond acceptors (Lipinski definition) is 3. The first-order valence-electron chi connectivity index (χ1n) is 8.57. The van der Waals surface area contributed by atoms with Crippen LogP contribution in [0.15, 0.2) is 23.1 Å². The van der Waals surface area contributed by atoms with E-state index in [1.165, 1.54) is 50.3 Å². The molecule has 2 amide bonds. The summed E-state index contributed by atoms with van der Waals surface area (Å²) in [4.78, 5) is 24.6. The maximum atomic E-state index is 12.1. The number of anilines is 2. The highest BCUT2D eigenvalue weighted by molar-refractivity contribution is 8.00. The highest BCUT2D eigenvalue weighted by atomic mass is 32.2. The van der Waals surface area contributed by atoms with Crippen LogP contribution >= 0.6 is 11.8 Å². The minimum absolute atomic E-state index is 0.0125. The van der Waals surface area contributed by atoms with Crippen LogP contribution in [0, 0.1) is 5.92 Å². The molecule has 1 heterocycles. The molecule has 0 bridgehead atoms. The standard InChI is InChI=1S/C18H24N2O2S/c21-17(8-4-7-13-5-2-1-3-6-13)19-14-9-10-16-15(11-14)20-18(22)12-23-16/h9-11,13H,1-8,12H2,(H,19,21)(H,20,22). The Morgan fingerprint density at radius 2 is 2.09 bits per heavy atom. The van der Waals surface area contributed by atoms with Crippen molar-refractivity contribution >= 4 is 35.0 Å². The summed E-state index contributed by atoms with van der Waals surface area (Å²) in [6, 6.07) is 5.71. The maximum Gasteiger partial charge on any atom is 0.234 e. The van der Waals surface area contributed by atoms with E-state index in [1.807, 2.05) is 18.2 Å². The van der Waals surface area contributed by atoms with Crippen molar-refractivity contribution in [3.05, 3.63) is 18.2 Å². The van der Waals surface area contributed by atoms with Gasteiger partial charge in [-0.15, -0.1) is 11.8 Å². The predicted octanol–water partition coefficient (Wildman–Crippen LogP) is 4.42. The number of nitrogens with one attached hydrogen (secondary N) is 2. The molecule has 0 aromatic heterocycles. The third-order valence-electron chi connectivity index (χ3n) is 4.64. The van der Waals surface area contributed by atoms with Gasteiger partial charge in [0.1, 0.15) is 0 Å². The van der Waals surface area contributed by atoms with E-state index in [4.69, 9.17) is 0 Å². The van der Waals surface area contributed by atoms with Crippen LogP contribution in [0.5, 0.6) is 0 Å². The molecule has 1 aromatic carbocycles. The number of fused-ring (bicyclic) bond motifs is 1. The fraction of sp³-hybridized carbons (Fsp3) is 0.556. The van der Waals surface area contributed by atoms with Crippen molar-refractivity contribution in [2.24, 2.45) is 5.92 Å². The van der Waals surface area contributed by atoms with Crippen LogP contribution in [0.1, 0.15) is 51.4 Å². The van der Waals surface area contributed by atoms with Crippen LogP contribution in [0.25, 0.3) is 0 Å². The Kier molecular flexibility index (Phi) is 5.60. The van der Waals surface area contributed by atoms with Gasteiger partial charge in [-0.2, -0.15) is 0 Å². The van der Waals surface area contributed by atoms with Gasteiger partial charge in [0.25, 0.3) is 0 Å². The Morgan fingerprint density at radius 1 is 1.26 bits per heavy atom. The summed E-state index contributed by atoms with van der Waals surface area (Å²) < 4.78 is 0. The van der Waals surface area contributed by atoms with Crippen molar-refractivity contribution in [3.8, 4) is 0 Å². The summed E-state index contributed by atoms with van der Waals surface area (Å²) in [5, 5.41) is 5.79. The third-order valence-corrected chi connectivity index (χ3v) is 5.71. The van der Waals surface area contributed by atoms with E-state index in [0.29, 0.717) is 12.2 Å². The molecule has 1 fully saturated rings. The van der Waals surface area contributed by atoms with Gasteiger partial charge < -0.3 is 10.6 Å². The summed E-state index contributed by atoms with van der Waals surface area (Å²) in [7, 11) is 0. The first-order valence-corrected chi connectivity index (χ1v) is 9.56. The Labute approximate surface area is 141 Å². The van der Waals surface area contributed by atoms with Crippen molar-refractivity contribution in [2.45, 2.75) is 56.3 Å². The predicted molar refractivity (Wildman–Crippen MR) is 94.9 cm³/mol. The molecule has 23 heavy (non-hydrogen) atoms. The monoisotopic (exact) mass is 332 g/mol. The van der Waals surface area contributed by atoms with E-state index in [1.54, 1.807) is 0 Å². The number of hydrogen-bond donors (Lipinski definition) is 2. The van der Waals surface area contributed by atoms with E-state index < -0.39 is 0 Å². The summed E-state index contributed by atoms with van der Waals surface area (Å²) in [5.41, 5.74) is 1.56. The lowest BCUT2D eigenvalue weighted by molar-refractivity contribution is -0.116. The van der Waals surface area contributed by atoms with Gasteiger partial charge in [0, 0.05) is 17.0 Å². The Balaban J connectivity index is 1.46. The van der Waals surface area contributed by atoms with Gasteiger partial charge in [-0.05, 0) is 37.0 Å². The number of carbonyl (C=O) groups is 2. The zero-order valence-electron chi connectivity index (χ0n) is 13.4. The Bertz CT molecular complexity index is 582. The molecular weight excluding hydrogens is 308 g/mol. The molecule has 1 aromatic rings. The molecule has 1 aliphatic heterocycles. The number of rotatable bonds is 5. The van der Waals surface area contributed by atoms with Gasteiger partial charge in [-0.25, -0.2) is 0 Å². The molecule has 1 aliphatic carbocycles. The molecule has 0 atom stereocenters. The van der Waals surface area contributed by atoms with Crippen LogP contribution in [0.2, 0.25) is 0 Å². The molecule has 1 saturated carbocycles. The topological polar surface area (TPSA) is 58.2 Å². The van der Waals surface area contributed by atoms with Crippen molar-refractivity contribution in [2.75, 3.05) is 16.4 Å². The summed E-state index contributed by atoms with van der Waals surface area (Å²) in [6.45, 7) is 0. The van der Waals surface area contributed by atoms with E-state index in [2.05, 4.69) is 10.6 Å². The van der Waals surface area contributed by atoms with Crippen LogP contribution in [-0.2, 0) is 9.59 Å². The van der Waals surface area contributed by atoms with Gasteiger partial charge >= 0.3 is 0 Å². The number of thioether (sulfide) groups is 1. The molecule has 0 radical (unpaired) electrons. The van der Waals surface area contributed by atoms with Crippen LogP contribution in [0.4, 0.5) is 11.4 Å². The molecular formula is C18H24N2O2S. The van der Waals surface area contributed by atoms with Gasteiger partial charge in [-0.3, -0.25) is 9.59 Å². The highest BCUT2D eigenvalue weighted by Gasteiger charge is 2.16. The zero-order chi connectivity index (χ0) is 16.1. The quantitative estimate of drug-likeness (QED) is 0.839. The Hall–Kier alpha value is -1.49. The number of benzene rings is 1. The van der Waals surface area contributed by atoms with Crippen LogP contribution in [-0.4, -0.2) is 17.6 Å². The van der Waals surface area contributed by atoms with Crippen LogP contribution in [0.3, 0.4) is 0 Å². The molecule has 124 valence electrons. The second kappa shape index (κ2) is 7.86. The maximum absolute atomic E-state index is 12.1. The van der Waals surface area contributed by atoms with E-state index in [-0.39, 0.29) is 11.8 Å². The lowest BCUT2D eigenvalue weighted by Crippen LogP contribution is -2.19. The van der Waals surface area contributed by atoms with Gasteiger partial charge in [0.05, 0.1) is 11.4 Å². The Morgan fingerprint density at radius 3 is 2.91 bits per heavy atom. The molecule has 0 unspecified atom stereocenters. The highest BCUT2D eigenvalue weighted by Crippen LogP contribution is 2.33. The number of carbonyl (C=O) groups excluding carboxylic acids is 2. The summed E-state index contributed by atoms with van der Waals surface area (Å²) in [6.07, 6.45) is 9.48. The van der Waals surface area contributed by atoms with Crippen LogP contribution < -0.4 is 10.6 Å². The fourth-order valence-electron chi connectivity index (χ4n) is 3.41. The zero-order valence-corrected chi connectivity index (χ0v) is 14.2. The van der Waals surface area contributed by atoms with Gasteiger partial charge in [0.2, 0.25) is 11.8 Å². The largest absolute Gasteiger partial charge is 0.326 e. The van der Waals surface area contributed by atoms with E-state index in [0.717, 1.165) is 28.6 Å². The minimum Gasteiger partial charge on any atom is -0.326 e. The van der Waals surface area contributed by atoms with E-state index in [9.17, 15) is 9.59 Å². The SMILES string of the molecule is O=C(CCCC1CCCCC1)Nc1ccc2c(c1)NC(=O)CS2. The van der Waals surface area contributed by atoms with Crippen molar-refractivity contribution in [1.82, 2.24) is 0 Å². The third kappa shape index (κ3) is 4.74. The second-order valence-corrected chi connectivity index (χ2v) is 7.51. The van der Waals surface area contributed by atoms with Gasteiger partial charge in [-0.1, -0.05) is 32.1 Å². The first kappa shape index (κ1) is 16.4. The first-order chi connectivity index (χ1) is 11.2. The average molecular weight is 332 g/mol. The summed E-state index contributed by atoms with van der Waals surface area (Å²) >= 11 is 1.53. The lowest BCUT2D eigenvalue weighted by atomic mass is 9.86. The lowest BCUT2D eigenvalue weighted by Gasteiger charge is -2.21. The molecule has 2 N–H and O–H groups in total. The molecule has 3 rings (SSSR count). The normalized spacial score (nSPS) is 18.2. The minimum atomic E-state index is 0.0125. The van der Waals surface area contributed by atoms with Crippen molar-refractivity contribution < 1.29 is 9.59 Å². The average Bonchev–Trinajstić information content (AvgIpc) is 2.55. The number of amides is 2. The molecule has 4 nitrogen and oxygen atoms in total. The van der Waals surface area contributed by atoms with E-state index >= 15 is 0 Å². The molecule has 0 spiro atoms. The molecule has 5 heteroatoms. The fourth-order valence-corrected chi connectivity index (χ4v) is 4.20. The van der Waals surface area contributed by atoms with Crippen molar-refractivity contribution in [1.29, 1.82) is 0 Å². The van der Waals surface area contributed by atoms with Crippen molar-refractivity contribution in [3.63, 3.8) is 0 Å². The molecule has 2 aliphatic rings. The molecule has 0 saturated heterocycles.